The minimum atomic E-state index is -3.07. The van der Waals surface area contributed by atoms with Crippen molar-refractivity contribution in [3.8, 4) is 0 Å². The molecule has 0 atom stereocenters. The van der Waals surface area contributed by atoms with E-state index in [1.54, 1.807) is 35.7 Å². The zero-order chi connectivity index (χ0) is 22.0. The van der Waals surface area contributed by atoms with Crippen LogP contribution >= 0.6 is 11.3 Å². The van der Waals surface area contributed by atoms with Crippen molar-refractivity contribution >= 4 is 38.1 Å². The zero-order valence-electron chi connectivity index (χ0n) is 17.2. The lowest BCUT2D eigenvalue weighted by atomic mass is 10.1. The molecule has 1 aromatic carbocycles. The Morgan fingerprint density at radius 3 is 2.58 bits per heavy atom. The molecule has 0 saturated carbocycles. The monoisotopic (exact) mass is 454 g/mol. The van der Waals surface area contributed by atoms with Crippen LogP contribution in [0.15, 0.2) is 54.0 Å². The summed E-state index contributed by atoms with van der Waals surface area (Å²) in [6.07, 6.45) is 2.89. The van der Waals surface area contributed by atoms with Gasteiger partial charge in [-0.3, -0.25) is 4.79 Å². The van der Waals surface area contributed by atoms with Crippen LogP contribution in [0.1, 0.15) is 32.1 Å². The number of aryl methyl sites for hydroxylation is 1. The molecule has 160 valence electrons. The minimum Gasteiger partial charge on any atom is -0.348 e. The smallest absolute Gasteiger partial charge is 0.252 e. The number of carbonyl (C=O) groups is 1. The van der Waals surface area contributed by atoms with E-state index in [1.165, 1.54) is 11.1 Å². The number of pyridine rings is 1. The molecule has 4 rings (SSSR count). The Balaban J connectivity index is 1.50. The molecule has 0 spiro atoms. The Kier molecular flexibility index (Phi) is 5.88. The number of hydrogen-bond donors (Lipinski definition) is 1. The molecular weight excluding hydrogens is 432 g/mol. The highest BCUT2D eigenvalue weighted by molar-refractivity contribution is 7.89. The number of rotatable bonds is 7. The Bertz CT molecular complexity index is 1330. The Hall–Kier alpha value is -3.04. The highest BCUT2D eigenvalue weighted by Crippen LogP contribution is 2.20. The number of nitrogens with one attached hydrogen (secondary N) is 1. The van der Waals surface area contributed by atoms with Crippen LogP contribution < -0.4 is 5.32 Å². The number of sulfone groups is 1. The molecule has 9 heteroatoms. The topological polar surface area (TPSA) is 94.0 Å². The highest BCUT2D eigenvalue weighted by atomic mass is 32.2. The van der Waals surface area contributed by atoms with E-state index in [0.29, 0.717) is 29.7 Å². The zero-order valence-corrected chi connectivity index (χ0v) is 18.8. The van der Waals surface area contributed by atoms with Crippen molar-refractivity contribution in [3.05, 3.63) is 81.3 Å². The predicted molar refractivity (Wildman–Crippen MR) is 122 cm³/mol. The maximum absolute atomic E-state index is 12.9. The molecule has 0 unspecified atom stereocenters. The summed E-state index contributed by atoms with van der Waals surface area (Å²) in [5, 5.41) is 10.1. The Morgan fingerprint density at radius 2 is 1.90 bits per heavy atom. The summed E-state index contributed by atoms with van der Waals surface area (Å²) in [5.41, 5.74) is 3.58. The van der Waals surface area contributed by atoms with Crippen molar-refractivity contribution in [2.24, 2.45) is 0 Å². The maximum atomic E-state index is 12.9. The van der Waals surface area contributed by atoms with Gasteiger partial charge in [-0.05, 0) is 35.6 Å². The molecule has 0 bridgehead atoms. The molecule has 3 aromatic heterocycles. The van der Waals surface area contributed by atoms with Crippen molar-refractivity contribution in [3.63, 3.8) is 0 Å². The maximum Gasteiger partial charge on any atom is 0.252 e. The van der Waals surface area contributed by atoms with Crippen LogP contribution in [0.4, 0.5) is 0 Å². The SMILES string of the molecule is Cc1cc(C(=O)NCc2ccc(CS(C)(=O)=O)cc2)c2cnn(Cc3cccs3)c2n1. The van der Waals surface area contributed by atoms with E-state index >= 15 is 0 Å². The summed E-state index contributed by atoms with van der Waals surface area (Å²) in [6.45, 7) is 2.81. The fourth-order valence-electron chi connectivity index (χ4n) is 3.36. The first-order valence-corrected chi connectivity index (χ1v) is 12.6. The van der Waals surface area contributed by atoms with E-state index < -0.39 is 9.84 Å². The van der Waals surface area contributed by atoms with Gasteiger partial charge in [0.1, 0.15) is 0 Å². The summed E-state index contributed by atoms with van der Waals surface area (Å²) in [4.78, 5) is 18.7. The lowest BCUT2D eigenvalue weighted by Gasteiger charge is -2.09. The predicted octanol–water partition coefficient (Wildman–Crippen LogP) is 3.32. The summed E-state index contributed by atoms with van der Waals surface area (Å²) in [5.74, 6) is -0.199. The van der Waals surface area contributed by atoms with Crippen LogP contribution in [0.3, 0.4) is 0 Å². The normalized spacial score (nSPS) is 11.7. The molecule has 7 nitrogen and oxygen atoms in total. The van der Waals surface area contributed by atoms with Gasteiger partial charge in [-0.1, -0.05) is 30.3 Å². The Labute approximate surface area is 184 Å². The first-order chi connectivity index (χ1) is 14.8. The van der Waals surface area contributed by atoms with Gasteiger partial charge in [0.05, 0.1) is 29.4 Å². The van der Waals surface area contributed by atoms with Crippen molar-refractivity contribution in [2.45, 2.75) is 25.8 Å². The van der Waals surface area contributed by atoms with E-state index in [2.05, 4.69) is 15.4 Å². The van der Waals surface area contributed by atoms with Crippen LogP contribution in [0.5, 0.6) is 0 Å². The van der Waals surface area contributed by atoms with Crippen LogP contribution in [0.2, 0.25) is 0 Å². The van der Waals surface area contributed by atoms with Crippen LogP contribution in [0.25, 0.3) is 11.0 Å². The second-order valence-electron chi connectivity index (χ2n) is 7.50. The second kappa shape index (κ2) is 8.60. The fourth-order valence-corrected chi connectivity index (χ4v) is 4.84. The van der Waals surface area contributed by atoms with E-state index in [4.69, 9.17) is 0 Å². The second-order valence-corrected chi connectivity index (χ2v) is 10.7. The lowest BCUT2D eigenvalue weighted by Crippen LogP contribution is -2.23. The van der Waals surface area contributed by atoms with Gasteiger partial charge in [0.25, 0.3) is 5.91 Å². The van der Waals surface area contributed by atoms with Gasteiger partial charge in [0.2, 0.25) is 0 Å². The minimum absolute atomic E-state index is 0.00335. The first-order valence-electron chi connectivity index (χ1n) is 9.68. The number of amides is 1. The molecule has 3 heterocycles. The first kappa shape index (κ1) is 21.2. The van der Waals surface area contributed by atoms with Gasteiger partial charge in [0.15, 0.2) is 15.5 Å². The molecule has 0 aliphatic heterocycles. The van der Waals surface area contributed by atoms with E-state index in [1.807, 2.05) is 41.3 Å². The van der Waals surface area contributed by atoms with Gasteiger partial charge in [-0.25, -0.2) is 18.1 Å². The molecule has 31 heavy (non-hydrogen) atoms. The number of hydrogen-bond acceptors (Lipinski definition) is 6. The van der Waals surface area contributed by atoms with E-state index in [-0.39, 0.29) is 11.7 Å². The van der Waals surface area contributed by atoms with E-state index in [9.17, 15) is 13.2 Å². The molecule has 4 aromatic rings. The third-order valence-electron chi connectivity index (χ3n) is 4.77. The number of fused-ring (bicyclic) bond motifs is 1. The van der Waals surface area contributed by atoms with Crippen LogP contribution in [-0.4, -0.2) is 35.3 Å². The fraction of sp³-hybridized carbons (Fsp3) is 0.227. The molecule has 0 radical (unpaired) electrons. The number of thiophene rings is 1. The van der Waals surface area contributed by atoms with Crippen LogP contribution in [-0.2, 0) is 28.7 Å². The van der Waals surface area contributed by atoms with Crippen molar-refractivity contribution in [2.75, 3.05) is 6.26 Å². The highest BCUT2D eigenvalue weighted by Gasteiger charge is 2.16. The number of carbonyl (C=O) groups excluding carboxylic acids is 1. The molecule has 1 N–H and O–H groups in total. The summed E-state index contributed by atoms with van der Waals surface area (Å²) >= 11 is 1.65. The van der Waals surface area contributed by atoms with Gasteiger partial charge >= 0.3 is 0 Å². The van der Waals surface area contributed by atoms with Gasteiger partial charge in [0, 0.05) is 23.4 Å². The largest absolute Gasteiger partial charge is 0.348 e. The summed E-state index contributed by atoms with van der Waals surface area (Å²) in [6, 6.07) is 13.0. The van der Waals surface area contributed by atoms with Crippen LogP contribution in [0, 0.1) is 6.92 Å². The average Bonchev–Trinajstić information content (AvgIpc) is 3.36. The standard InChI is InChI=1S/C22H22N4O3S2/c1-15-10-19(20-12-24-26(21(20)25-15)13-18-4-3-9-30-18)22(27)23-11-16-5-7-17(8-6-16)14-31(2,28)29/h3-10,12H,11,13-14H2,1-2H3,(H,23,27). The van der Waals surface area contributed by atoms with Crippen molar-refractivity contribution < 1.29 is 13.2 Å². The van der Waals surface area contributed by atoms with Crippen molar-refractivity contribution in [1.82, 2.24) is 20.1 Å². The number of nitrogens with zero attached hydrogens (tertiary/aromatic N) is 3. The Morgan fingerprint density at radius 1 is 1.16 bits per heavy atom. The molecule has 1 amide bonds. The molecule has 0 aliphatic rings. The van der Waals surface area contributed by atoms with E-state index in [0.717, 1.165) is 16.8 Å². The number of benzene rings is 1. The van der Waals surface area contributed by atoms with Gasteiger partial charge in [-0.2, -0.15) is 5.10 Å². The molecule has 0 aliphatic carbocycles. The summed E-state index contributed by atoms with van der Waals surface area (Å²) in [7, 11) is -3.07. The van der Waals surface area contributed by atoms with Crippen molar-refractivity contribution in [1.29, 1.82) is 0 Å². The molecule has 0 saturated heterocycles. The quantitative estimate of drug-likeness (QED) is 0.462. The third-order valence-corrected chi connectivity index (χ3v) is 6.49. The average molecular weight is 455 g/mol. The molecular formula is C22H22N4O3S2. The molecule has 0 fully saturated rings. The lowest BCUT2D eigenvalue weighted by molar-refractivity contribution is 0.0952. The summed E-state index contributed by atoms with van der Waals surface area (Å²) < 4.78 is 24.6. The van der Waals surface area contributed by atoms with Gasteiger partial charge < -0.3 is 5.32 Å². The van der Waals surface area contributed by atoms with Gasteiger partial charge in [-0.15, -0.1) is 11.3 Å². The number of aromatic nitrogens is 3. The third kappa shape index (κ3) is 5.18.